The summed E-state index contributed by atoms with van der Waals surface area (Å²) < 4.78 is 1.55. The maximum absolute atomic E-state index is 12.7. The van der Waals surface area contributed by atoms with Crippen molar-refractivity contribution >= 4 is 35.8 Å². The van der Waals surface area contributed by atoms with Gasteiger partial charge in [0.05, 0.1) is 6.54 Å². The molecular weight excluding hydrogens is 410 g/mol. The van der Waals surface area contributed by atoms with Crippen LogP contribution in [0.15, 0.2) is 48.8 Å². The monoisotopic (exact) mass is 431 g/mol. The third-order valence-corrected chi connectivity index (χ3v) is 6.00. The summed E-state index contributed by atoms with van der Waals surface area (Å²) in [5.41, 5.74) is 1.13. The normalized spacial score (nSPS) is 13.0. The van der Waals surface area contributed by atoms with Gasteiger partial charge in [-0.2, -0.15) is 12.6 Å². The number of carboxylic acid groups (broad SMARTS) is 1. The quantitative estimate of drug-likeness (QED) is 0.425. The Hall–Kier alpha value is -2.72. The van der Waals surface area contributed by atoms with Gasteiger partial charge in [0.25, 0.3) is 0 Å². The standard InChI is InChI=1S/C19H21N5O3S2/c25-18(14(11-28)7-6-13-4-2-1-3-5-13)21-17(19(26)27)16-9-8-15(29-16)10-24-12-20-22-23-24/h1-5,8-9,12,14,17,28H,6-7,10-11H2,(H,21,25)(H,26,27)/t14?,17-/m1/s1. The molecule has 3 rings (SSSR count). The Kier molecular flexibility index (Phi) is 7.36. The number of thiophene rings is 1. The van der Waals surface area contributed by atoms with E-state index in [1.807, 2.05) is 36.4 Å². The molecule has 0 saturated heterocycles. The second-order valence-electron chi connectivity index (χ2n) is 6.50. The van der Waals surface area contributed by atoms with Gasteiger partial charge in [-0.1, -0.05) is 30.3 Å². The van der Waals surface area contributed by atoms with Crippen molar-refractivity contribution in [3.8, 4) is 0 Å². The van der Waals surface area contributed by atoms with Crippen LogP contribution in [0.2, 0.25) is 0 Å². The molecule has 8 nitrogen and oxygen atoms in total. The minimum absolute atomic E-state index is 0.307. The van der Waals surface area contributed by atoms with Gasteiger partial charge in [0.1, 0.15) is 6.33 Å². The summed E-state index contributed by atoms with van der Waals surface area (Å²) >= 11 is 5.60. The number of nitrogens with one attached hydrogen (secondary N) is 1. The predicted octanol–water partition coefficient (Wildman–Crippen LogP) is 2.20. The predicted molar refractivity (Wildman–Crippen MR) is 112 cm³/mol. The van der Waals surface area contributed by atoms with E-state index in [9.17, 15) is 14.7 Å². The maximum atomic E-state index is 12.7. The Balaban J connectivity index is 1.63. The first kappa shape index (κ1) is 21.0. The summed E-state index contributed by atoms with van der Waals surface area (Å²) in [4.78, 5) is 25.9. The number of rotatable bonds is 10. The molecular formula is C19H21N5O3S2. The van der Waals surface area contributed by atoms with Crippen LogP contribution in [0, 0.1) is 5.92 Å². The van der Waals surface area contributed by atoms with E-state index in [0.717, 1.165) is 16.9 Å². The zero-order chi connectivity index (χ0) is 20.6. The summed E-state index contributed by atoms with van der Waals surface area (Å²) in [6, 6.07) is 12.3. The van der Waals surface area contributed by atoms with Crippen molar-refractivity contribution in [2.45, 2.75) is 25.4 Å². The van der Waals surface area contributed by atoms with E-state index in [4.69, 9.17) is 0 Å². The van der Waals surface area contributed by atoms with E-state index in [0.29, 0.717) is 23.6 Å². The number of carbonyl (C=O) groups excluding carboxylic acids is 1. The van der Waals surface area contributed by atoms with Gasteiger partial charge in [-0.05, 0) is 41.0 Å². The highest BCUT2D eigenvalue weighted by molar-refractivity contribution is 7.80. The van der Waals surface area contributed by atoms with Crippen LogP contribution >= 0.6 is 24.0 Å². The summed E-state index contributed by atoms with van der Waals surface area (Å²) in [6.07, 6.45) is 2.81. The molecule has 152 valence electrons. The van der Waals surface area contributed by atoms with E-state index in [-0.39, 0.29) is 11.8 Å². The summed E-state index contributed by atoms with van der Waals surface area (Å²) in [5.74, 6) is -1.44. The number of aromatic nitrogens is 4. The smallest absolute Gasteiger partial charge is 0.331 e. The summed E-state index contributed by atoms with van der Waals surface area (Å²) in [5, 5.41) is 23.3. The first-order chi connectivity index (χ1) is 14.1. The van der Waals surface area contributed by atoms with Crippen LogP contribution in [0.3, 0.4) is 0 Å². The van der Waals surface area contributed by atoms with Gasteiger partial charge in [0, 0.05) is 21.4 Å². The molecule has 2 atom stereocenters. The molecule has 0 fully saturated rings. The average Bonchev–Trinajstić information content (AvgIpc) is 3.40. The van der Waals surface area contributed by atoms with Crippen molar-refractivity contribution in [3.05, 3.63) is 64.1 Å². The number of amides is 1. The molecule has 0 aliphatic heterocycles. The molecule has 1 amide bonds. The molecule has 0 aliphatic carbocycles. The van der Waals surface area contributed by atoms with Crippen molar-refractivity contribution in [3.63, 3.8) is 0 Å². The molecule has 0 saturated carbocycles. The van der Waals surface area contributed by atoms with E-state index >= 15 is 0 Å². The topological polar surface area (TPSA) is 110 Å². The molecule has 3 aromatic rings. The highest BCUT2D eigenvalue weighted by Gasteiger charge is 2.27. The zero-order valence-corrected chi connectivity index (χ0v) is 17.2. The van der Waals surface area contributed by atoms with Crippen LogP contribution in [0.4, 0.5) is 0 Å². The molecule has 2 heterocycles. The van der Waals surface area contributed by atoms with Crippen LogP contribution in [-0.2, 0) is 22.6 Å². The van der Waals surface area contributed by atoms with Gasteiger partial charge in [-0.25, -0.2) is 9.48 Å². The van der Waals surface area contributed by atoms with Gasteiger partial charge >= 0.3 is 5.97 Å². The molecule has 2 N–H and O–H groups in total. The van der Waals surface area contributed by atoms with Crippen molar-refractivity contribution in [2.75, 3.05) is 5.75 Å². The van der Waals surface area contributed by atoms with Gasteiger partial charge in [-0.15, -0.1) is 16.4 Å². The van der Waals surface area contributed by atoms with Gasteiger partial charge in [0.2, 0.25) is 5.91 Å². The first-order valence-corrected chi connectivity index (χ1v) is 10.5. The fourth-order valence-corrected chi connectivity index (χ4v) is 4.25. The van der Waals surface area contributed by atoms with Crippen LogP contribution in [0.25, 0.3) is 0 Å². The number of tetrazole rings is 1. The van der Waals surface area contributed by atoms with E-state index in [1.54, 1.807) is 10.7 Å². The largest absolute Gasteiger partial charge is 0.479 e. The molecule has 1 unspecified atom stereocenters. The molecule has 0 bridgehead atoms. The lowest BCUT2D eigenvalue weighted by Crippen LogP contribution is -2.38. The third kappa shape index (κ3) is 5.88. The molecule has 0 aliphatic rings. The number of nitrogens with zero attached hydrogens (tertiary/aromatic N) is 4. The van der Waals surface area contributed by atoms with Crippen LogP contribution in [0.5, 0.6) is 0 Å². The van der Waals surface area contributed by atoms with E-state index in [1.165, 1.54) is 17.7 Å². The van der Waals surface area contributed by atoms with E-state index < -0.39 is 12.0 Å². The number of carboxylic acids is 1. The molecule has 29 heavy (non-hydrogen) atoms. The minimum Gasteiger partial charge on any atom is -0.479 e. The molecule has 0 radical (unpaired) electrons. The number of thiol groups is 1. The second-order valence-corrected chi connectivity index (χ2v) is 8.06. The Morgan fingerprint density at radius 2 is 2.00 bits per heavy atom. The first-order valence-electron chi connectivity index (χ1n) is 9.04. The Labute approximate surface area is 177 Å². The molecule has 1 aromatic carbocycles. The molecule has 10 heteroatoms. The fraction of sp³-hybridized carbons (Fsp3) is 0.316. The van der Waals surface area contributed by atoms with Crippen LogP contribution < -0.4 is 5.32 Å². The highest BCUT2D eigenvalue weighted by Crippen LogP contribution is 2.25. The van der Waals surface area contributed by atoms with Crippen LogP contribution in [-0.4, -0.2) is 42.9 Å². The number of aliphatic carboxylic acids is 1. The SMILES string of the molecule is O=C(N[C@@H](C(=O)O)c1ccc(Cn2cnnn2)s1)C(CS)CCc1ccccc1. The van der Waals surface area contributed by atoms with Gasteiger partial charge in [-0.3, -0.25) is 4.79 Å². The number of aryl methyl sites for hydroxylation is 1. The van der Waals surface area contributed by atoms with Gasteiger partial charge in [0.15, 0.2) is 6.04 Å². The lowest BCUT2D eigenvalue weighted by molar-refractivity contribution is -0.142. The number of hydrogen-bond acceptors (Lipinski definition) is 7. The maximum Gasteiger partial charge on any atom is 0.331 e. The van der Waals surface area contributed by atoms with Gasteiger partial charge < -0.3 is 10.4 Å². The van der Waals surface area contributed by atoms with Crippen molar-refractivity contribution in [2.24, 2.45) is 5.92 Å². The Morgan fingerprint density at radius 1 is 1.21 bits per heavy atom. The second kappa shape index (κ2) is 10.2. The van der Waals surface area contributed by atoms with Crippen LogP contribution in [0.1, 0.15) is 27.8 Å². The highest BCUT2D eigenvalue weighted by atomic mass is 32.1. The number of carbonyl (C=O) groups is 2. The average molecular weight is 432 g/mol. The summed E-state index contributed by atoms with van der Waals surface area (Å²) in [7, 11) is 0. The fourth-order valence-electron chi connectivity index (χ4n) is 2.85. The summed E-state index contributed by atoms with van der Waals surface area (Å²) in [6.45, 7) is 0.439. The Bertz CT molecular complexity index is 930. The Morgan fingerprint density at radius 3 is 2.66 bits per heavy atom. The molecule has 2 aromatic heterocycles. The van der Waals surface area contributed by atoms with E-state index in [2.05, 4.69) is 33.5 Å². The minimum atomic E-state index is -1.10. The number of benzene rings is 1. The van der Waals surface area contributed by atoms with Crippen molar-refractivity contribution in [1.29, 1.82) is 0 Å². The molecule has 0 spiro atoms. The lowest BCUT2D eigenvalue weighted by Gasteiger charge is -2.18. The number of hydrogen-bond donors (Lipinski definition) is 3. The lowest BCUT2D eigenvalue weighted by atomic mass is 9.99. The third-order valence-electron chi connectivity index (χ3n) is 4.43. The van der Waals surface area contributed by atoms with Crippen molar-refractivity contribution in [1.82, 2.24) is 25.5 Å². The zero-order valence-electron chi connectivity index (χ0n) is 15.5. The van der Waals surface area contributed by atoms with Crippen molar-refractivity contribution < 1.29 is 14.7 Å².